The van der Waals surface area contributed by atoms with Gasteiger partial charge >= 0.3 is 6.18 Å². The summed E-state index contributed by atoms with van der Waals surface area (Å²) in [6.07, 6.45) is -3.26. The summed E-state index contributed by atoms with van der Waals surface area (Å²) in [6.45, 7) is 0. The molecule has 1 amide bonds. The van der Waals surface area contributed by atoms with Gasteiger partial charge in [0, 0.05) is 43.0 Å². The fraction of sp³-hybridized carbons (Fsp3) is 0.333. The van der Waals surface area contributed by atoms with Crippen LogP contribution in [0.2, 0.25) is 10.0 Å². The molecule has 0 saturated heterocycles. The zero-order valence-corrected chi connectivity index (χ0v) is 20.2. The summed E-state index contributed by atoms with van der Waals surface area (Å²) in [5, 5.41) is 6.82. The Hall–Kier alpha value is -1.42. The van der Waals surface area contributed by atoms with Gasteiger partial charge in [0.25, 0.3) is 5.60 Å². The maximum Gasteiger partial charge on any atom is 0.435 e. The zero-order chi connectivity index (χ0) is 23.1. The van der Waals surface area contributed by atoms with E-state index in [1.165, 1.54) is 30.0 Å². The Labute approximate surface area is 205 Å². The normalized spacial score (nSPS) is 20.6. The van der Waals surface area contributed by atoms with Gasteiger partial charge in [-0.3, -0.25) is 4.79 Å². The van der Waals surface area contributed by atoms with E-state index in [9.17, 15) is 18.0 Å². The molecule has 1 aliphatic heterocycles. The van der Waals surface area contributed by atoms with Crippen LogP contribution < -0.4 is 5.32 Å². The van der Waals surface area contributed by atoms with Gasteiger partial charge in [0.2, 0.25) is 5.91 Å². The molecule has 1 atom stereocenters. The number of halogens is 6. The van der Waals surface area contributed by atoms with E-state index in [0.717, 1.165) is 17.7 Å². The minimum absolute atomic E-state index is 0.0443. The highest BCUT2D eigenvalue weighted by molar-refractivity contribution is 9.10. The Morgan fingerprint density at radius 2 is 1.91 bits per heavy atom. The molecule has 0 spiro atoms. The summed E-state index contributed by atoms with van der Waals surface area (Å²) >= 11 is 16.6. The molecule has 32 heavy (non-hydrogen) atoms. The highest BCUT2D eigenvalue weighted by atomic mass is 79.9. The number of benzene rings is 2. The Bertz CT molecular complexity index is 1070. The lowest BCUT2D eigenvalue weighted by molar-refractivity contribution is -0.275. The first kappa shape index (κ1) is 23.7. The van der Waals surface area contributed by atoms with Crippen molar-refractivity contribution < 1.29 is 22.8 Å². The second kappa shape index (κ2) is 9.08. The van der Waals surface area contributed by atoms with E-state index in [-0.39, 0.29) is 39.0 Å². The molecule has 4 nitrogen and oxygen atoms in total. The number of carbonyl (C=O) groups is 1. The molecule has 1 heterocycles. The standard InChI is InChI=1S/C21H16BrCl2F3N2O2S/c22-16-5-11(1-4-18(16)32-10-19(30)28-15-2-3-15)17-9-20(31-29-17,21(25,26)27)12-6-13(23)8-14(24)7-12/h1,4-8,15H,2-3,9-10H2,(H,28,30). The molecule has 0 aromatic heterocycles. The molecule has 1 unspecified atom stereocenters. The summed E-state index contributed by atoms with van der Waals surface area (Å²) in [7, 11) is 0. The van der Waals surface area contributed by atoms with Crippen LogP contribution in [0.3, 0.4) is 0 Å². The van der Waals surface area contributed by atoms with Gasteiger partial charge in [0.1, 0.15) is 0 Å². The molecular weight excluding hydrogens is 552 g/mol. The van der Waals surface area contributed by atoms with E-state index in [2.05, 4.69) is 26.4 Å². The number of oxime groups is 1. The van der Waals surface area contributed by atoms with Gasteiger partial charge < -0.3 is 10.2 Å². The van der Waals surface area contributed by atoms with Crippen LogP contribution in [0.15, 0.2) is 50.9 Å². The van der Waals surface area contributed by atoms with Crippen molar-refractivity contribution in [2.24, 2.45) is 5.16 Å². The van der Waals surface area contributed by atoms with Crippen molar-refractivity contribution in [1.82, 2.24) is 5.32 Å². The van der Waals surface area contributed by atoms with Crippen LogP contribution in [0, 0.1) is 0 Å². The lowest BCUT2D eigenvalue weighted by atomic mass is 9.86. The minimum Gasteiger partial charge on any atom is -0.374 e. The van der Waals surface area contributed by atoms with Crippen molar-refractivity contribution in [3.05, 3.63) is 62.0 Å². The number of hydrogen-bond acceptors (Lipinski definition) is 4. The second-order valence-electron chi connectivity index (χ2n) is 7.56. The second-order valence-corrected chi connectivity index (χ2v) is 10.3. The van der Waals surface area contributed by atoms with Crippen molar-refractivity contribution in [2.75, 3.05) is 5.75 Å². The fourth-order valence-corrected chi connectivity index (χ4v) is 5.26. The molecule has 0 radical (unpaired) electrons. The van der Waals surface area contributed by atoms with Crippen molar-refractivity contribution >= 4 is 62.5 Å². The quantitative estimate of drug-likeness (QED) is 0.395. The van der Waals surface area contributed by atoms with E-state index in [1.54, 1.807) is 18.2 Å². The van der Waals surface area contributed by atoms with Crippen molar-refractivity contribution in [3.63, 3.8) is 0 Å². The number of nitrogens with zero attached hydrogens (tertiary/aromatic N) is 1. The van der Waals surface area contributed by atoms with Gasteiger partial charge in [-0.2, -0.15) is 13.2 Å². The Morgan fingerprint density at radius 1 is 1.22 bits per heavy atom. The number of nitrogens with one attached hydrogen (secondary N) is 1. The van der Waals surface area contributed by atoms with Gasteiger partial charge in [-0.15, -0.1) is 11.8 Å². The number of thioether (sulfide) groups is 1. The van der Waals surface area contributed by atoms with Crippen LogP contribution in [-0.2, 0) is 15.2 Å². The van der Waals surface area contributed by atoms with E-state index in [1.807, 2.05) is 0 Å². The van der Waals surface area contributed by atoms with Gasteiger partial charge in [0.05, 0.1) is 11.5 Å². The molecule has 2 aromatic carbocycles. The minimum atomic E-state index is -4.76. The van der Waals surface area contributed by atoms with E-state index >= 15 is 0 Å². The largest absolute Gasteiger partial charge is 0.435 e. The summed E-state index contributed by atoms with van der Waals surface area (Å²) in [6, 6.07) is 9.07. The molecule has 1 saturated carbocycles. The molecule has 2 aromatic rings. The first-order chi connectivity index (χ1) is 15.1. The first-order valence-electron chi connectivity index (χ1n) is 9.58. The molecule has 0 bridgehead atoms. The molecule has 170 valence electrons. The Kier molecular flexibility index (Phi) is 6.73. The predicted molar refractivity (Wildman–Crippen MR) is 122 cm³/mol. The lowest BCUT2D eigenvalue weighted by Crippen LogP contribution is -2.42. The van der Waals surface area contributed by atoms with Crippen LogP contribution in [0.5, 0.6) is 0 Å². The fourth-order valence-electron chi connectivity index (χ4n) is 3.28. The van der Waals surface area contributed by atoms with Gasteiger partial charge in [-0.25, -0.2) is 0 Å². The van der Waals surface area contributed by atoms with Crippen LogP contribution in [-0.4, -0.2) is 29.6 Å². The van der Waals surface area contributed by atoms with Gasteiger partial charge in [0.15, 0.2) is 0 Å². The van der Waals surface area contributed by atoms with E-state index < -0.39 is 18.2 Å². The zero-order valence-electron chi connectivity index (χ0n) is 16.3. The number of carbonyl (C=O) groups excluding carboxylic acids is 1. The summed E-state index contributed by atoms with van der Waals surface area (Å²) in [4.78, 5) is 17.7. The average molecular weight is 568 g/mol. The van der Waals surface area contributed by atoms with Crippen molar-refractivity contribution in [3.8, 4) is 0 Å². The average Bonchev–Trinajstić information content (AvgIpc) is 3.38. The highest BCUT2D eigenvalue weighted by Crippen LogP contribution is 2.50. The molecule has 4 rings (SSSR count). The topological polar surface area (TPSA) is 50.7 Å². The predicted octanol–water partition coefficient (Wildman–Crippen LogP) is 6.71. The van der Waals surface area contributed by atoms with Crippen LogP contribution in [0.4, 0.5) is 13.2 Å². The lowest BCUT2D eigenvalue weighted by Gasteiger charge is -2.29. The number of amides is 1. The monoisotopic (exact) mass is 566 g/mol. The molecule has 1 N–H and O–H groups in total. The molecule has 1 aliphatic carbocycles. The van der Waals surface area contributed by atoms with Crippen molar-refractivity contribution in [1.29, 1.82) is 0 Å². The SMILES string of the molecule is O=C(CSc1ccc(C2=NOC(c3cc(Cl)cc(Cl)c3)(C(F)(F)F)C2)cc1Br)NC1CC1. The van der Waals surface area contributed by atoms with Crippen molar-refractivity contribution in [2.45, 2.75) is 42.0 Å². The maximum atomic E-state index is 14.1. The summed E-state index contributed by atoms with van der Waals surface area (Å²) in [5.74, 6) is 0.211. The Balaban J connectivity index is 1.53. The van der Waals surface area contributed by atoms with Gasteiger partial charge in [-0.05, 0) is 59.1 Å². The molecule has 11 heteroatoms. The summed E-state index contributed by atoms with van der Waals surface area (Å²) in [5.41, 5.74) is -2.28. The van der Waals surface area contributed by atoms with Crippen LogP contribution in [0.1, 0.15) is 30.4 Å². The van der Waals surface area contributed by atoms with Crippen LogP contribution in [0.25, 0.3) is 0 Å². The van der Waals surface area contributed by atoms with Crippen LogP contribution >= 0.6 is 50.9 Å². The highest BCUT2D eigenvalue weighted by Gasteiger charge is 2.62. The smallest absolute Gasteiger partial charge is 0.374 e. The Morgan fingerprint density at radius 3 is 2.50 bits per heavy atom. The van der Waals surface area contributed by atoms with Gasteiger partial charge in [-0.1, -0.05) is 34.4 Å². The van der Waals surface area contributed by atoms with E-state index in [0.29, 0.717) is 10.0 Å². The number of hydrogen-bond donors (Lipinski definition) is 1. The first-order valence-corrected chi connectivity index (χ1v) is 12.1. The summed E-state index contributed by atoms with van der Waals surface area (Å²) < 4.78 is 43.1. The molecule has 1 fully saturated rings. The molecular formula is C21H16BrCl2F3N2O2S. The third-order valence-electron chi connectivity index (χ3n) is 5.08. The maximum absolute atomic E-state index is 14.1. The number of rotatable bonds is 6. The number of alkyl halides is 3. The third-order valence-corrected chi connectivity index (χ3v) is 7.51. The van der Waals surface area contributed by atoms with E-state index in [4.69, 9.17) is 28.0 Å². The third kappa shape index (κ3) is 5.05. The molecule has 2 aliphatic rings.